The zero-order valence-electron chi connectivity index (χ0n) is 18.2. The maximum atomic E-state index is 11.2. The predicted octanol–water partition coefficient (Wildman–Crippen LogP) is 3.90. The molecule has 7 heteroatoms. The first kappa shape index (κ1) is 25.9. The summed E-state index contributed by atoms with van der Waals surface area (Å²) in [6.45, 7) is 3.73. The second kappa shape index (κ2) is 16.6. The minimum Gasteiger partial charge on any atom is -0.463 e. The van der Waals surface area contributed by atoms with Crippen LogP contribution in [-0.2, 0) is 28.5 Å². The number of aliphatic hydroxyl groups excluding tert-OH is 1. The summed E-state index contributed by atoms with van der Waals surface area (Å²) in [7, 11) is 0. The van der Waals surface area contributed by atoms with E-state index < -0.39 is 12.2 Å². The van der Waals surface area contributed by atoms with Crippen LogP contribution in [-0.4, -0.2) is 55.4 Å². The van der Waals surface area contributed by atoms with Crippen LogP contribution in [0.3, 0.4) is 0 Å². The first-order valence-electron chi connectivity index (χ1n) is 11.2. The van der Waals surface area contributed by atoms with Crippen LogP contribution >= 0.6 is 0 Å². The molecule has 1 saturated heterocycles. The lowest BCUT2D eigenvalue weighted by atomic mass is 10.0. The number of carbonyl (C=O) groups is 2. The summed E-state index contributed by atoms with van der Waals surface area (Å²) < 4.78 is 22.0. The Balaban J connectivity index is 2.09. The molecule has 1 fully saturated rings. The van der Waals surface area contributed by atoms with Gasteiger partial charge < -0.3 is 24.1 Å². The van der Waals surface area contributed by atoms with Gasteiger partial charge in [-0.05, 0) is 19.3 Å². The highest BCUT2D eigenvalue weighted by molar-refractivity contribution is 5.66. The molecule has 0 aromatic heterocycles. The van der Waals surface area contributed by atoms with Crippen molar-refractivity contribution in [2.24, 2.45) is 0 Å². The number of hydrogen-bond acceptors (Lipinski definition) is 7. The second-order valence-electron chi connectivity index (χ2n) is 7.76. The third-order valence-corrected chi connectivity index (χ3v) is 5.05. The van der Waals surface area contributed by atoms with E-state index in [2.05, 4.69) is 0 Å². The third-order valence-electron chi connectivity index (χ3n) is 5.05. The average Bonchev–Trinajstić information content (AvgIpc) is 2.68. The van der Waals surface area contributed by atoms with Gasteiger partial charge in [-0.3, -0.25) is 9.59 Å². The molecule has 1 heterocycles. The summed E-state index contributed by atoms with van der Waals surface area (Å²) in [6, 6.07) is 0. The van der Waals surface area contributed by atoms with Crippen LogP contribution < -0.4 is 0 Å². The Morgan fingerprint density at radius 2 is 1.45 bits per heavy atom. The minimum absolute atomic E-state index is 0.0626. The summed E-state index contributed by atoms with van der Waals surface area (Å²) in [5, 5.41) is 8.74. The van der Waals surface area contributed by atoms with Gasteiger partial charge in [0.1, 0.15) is 18.8 Å². The molecule has 0 aromatic carbocycles. The van der Waals surface area contributed by atoms with E-state index in [0.717, 1.165) is 25.7 Å². The van der Waals surface area contributed by atoms with E-state index >= 15 is 0 Å². The highest BCUT2D eigenvalue weighted by Gasteiger charge is 2.34. The Bertz CT molecular complexity index is 441. The Labute approximate surface area is 175 Å². The lowest BCUT2D eigenvalue weighted by Gasteiger charge is -2.35. The number of carbonyl (C=O) groups excluding carboxylic acids is 2. The quantitative estimate of drug-likeness (QED) is 0.301. The molecule has 170 valence electrons. The van der Waals surface area contributed by atoms with E-state index in [1.807, 2.05) is 0 Å². The van der Waals surface area contributed by atoms with Crippen molar-refractivity contribution < 1.29 is 33.6 Å². The fourth-order valence-electron chi connectivity index (χ4n) is 3.50. The number of unbranched alkanes of at least 4 members (excludes halogenated alkanes) is 9. The van der Waals surface area contributed by atoms with Crippen LogP contribution in [0.4, 0.5) is 0 Å². The molecule has 7 nitrogen and oxygen atoms in total. The standard InChI is InChI=1S/C22H40O7/c1-18(24)27-17-21-20(28-19(2)25)13-14-22(29-21)26-16-12-10-8-6-4-3-5-7-9-11-15-23/h20-23H,3-17H2,1-2H3/t20-,21+,22-/m0/s1. The molecule has 1 aliphatic rings. The van der Waals surface area contributed by atoms with Gasteiger partial charge in [-0.1, -0.05) is 51.4 Å². The van der Waals surface area contributed by atoms with Crippen LogP contribution in [0.25, 0.3) is 0 Å². The van der Waals surface area contributed by atoms with E-state index in [-0.39, 0.29) is 24.8 Å². The Morgan fingerprint density at radius 1 is 0.862 bits per heavy atom. The number of hydrogen-bond donors (Lipinski definition) is 1. The van der Waals surface area contributed by atoms with Crippen LogP contribution in [0.5, 0.6) is 0 Å². The molecule has 0 spiro atoms. The topological polar surface area (TPSA) is 91.3 Å². The maximum absolute atomic E-state index is 11.2. The molecule has 0 radical (unpaired) electrons. The van der Waals surface area contributed by atoms with Gasteiger partial charge in [0.25, 0.3) is 0 Å². The minimum atomic E-state index is -0.487. The summed E-state index contributed by atoms with van der Waals surface area (Å²) in [4.78, 5) is 22.3. The Hall–Kier alpha value is -1.18. The van der Waals surface area contributed by atoms with Gasteiger partial charge in [-0.15, -0.1) is 0 Å². The van der Waals surface area contributed by atoms with Crippen molar-refractivity contribution >= 4 is 11.9 Å². The van der Waals surface area contributed by atoms with Gasteiger partial charge in [0.05, 0.1) is 0 Å². The number of esters is 2. The highest BCUT2D eigenvalue weighted by atomic mass is 16.7. The van der Waals surface area contributed by atoms with Crippen molar-refractivity contribution in [1.29, 1.82) is 0 Å². The smallest absolute Gasteiger partial charge is 0.302 e. The van der Waals surface area contributed by atoms with E-state index in [1.165, 1.54) is 52.4 Å². The van der Waals surface area contributed by atoms with Crippen LogP contribution in [0.2, 0.25) is 0 Å². The van der Waals surface area contributed by atoms with E-state index in [0.29, 0.717) is 26.1 Å². The fourth-order valence-corrected chi connectivity index (χ4v) is 3.50. The molecule has 0 bridgehead atoms. The predicted molar refractivity (Wildman–Crippen MR) is 109 cm³/mol. The van der Waals surface area contributed by atoms with Crippen molar-refractivity contribution in [3.05, 3.63) is 0 Å². The molecule has 1 rings (SSSR count). The number of aliphatic hydroxyl groups is 1. The van der Waals surface area contributed by atoms with Gasteiger partial charge in [-0.25, -0.2) is 0 Å². The Kier molecular flexibility index (Phi) is 14.8. The lowest BCUT2D eigenvalue weighted by Crippen LogP contribution is -2.45. The van der Waals surface area contributed by atoms with Crippen molar-refractivity contribution in [1.82, 2.24) is 0 Å². The van der Waals surface area contributed by atoms with Crippen molar-refractivity contribution in [2.45, 2.75) is 109 Å². The molecule has 0 aliphatic carbocycles. The fraction of sp³-hybridized carbons (Fsp3) is 0.909. The van der Waals surface area contributed by atoms with Crippen LogP contribution in [0.1, 0.15) is 90.9 Å². The first-order chi connectivity index (χ1) is 14.0. The van der Waals surface area contributed by atoms with E-state index in [1.54, 1.807) is 0 Å². The largest absolute Gasteiger partial charge is 0.463 e. The molecule has 1 aliphatic heterocycles. The normalized spacial score (nSPS) is 21.7. The van der Waals surface area contributed by atoms with Gasteiger partial charge in [-0.2, -0.15) is 0 Å². The van der Waals surface area contributed by atoms with Gasteiger partial charge in [0.15, 0.2) is 6.29 Å². The summed E-state index contributed by atoms with van der Waals surface area (Å²) in [6.07, 6.45) is 11.8. The molecule has 0 amide bonds. The number of ether oxygens (including phenoxy) is 4. The third kappa shape index (κ3) is 13.6. The number of rotatable bonds is 16. The molecule has 0 saturated carbocycles. The van der Waals surface area contributed by atoms with Crippen molar-refractivity contribution in [3.8, 4) is 0 Å². The maximum Gasteiger partial charge on any atom is 0.302 e. The molecular formula is C22H40O7. The first-order valence-corrected chi connectivity index (χ1v) is 11.2. The zero-order chi connectivity index (χ0) is 21.3. The van der Waals surface area contributed by atoms with Crippen molar-refractivity contribution in [3.63, 3.8) is 0 Å². The zero-order valence-corrected chi connectivity index (χ0v) is 18.2. The average molecular weight is 417 g/mol. The summed E-state index contributed by atoms with van der Waals surface area (Å²) in [5.41, 5.74) is 0. The molecule has 0 aromatic rings. The summed E-state index contributed by atoms with van der Waals surface area (Å²) >= 11 is 0. The lowest BCUT2D eigenvalue weighted by molar-refractivity contribution is -0.238. The van der Waals surface area contributed by atoms with E-state index in [4.69, 9.17) is 24.1 Å². The van der Waals surface area contributed by atoms with Crippen LogP contribution in [0, 0.1) is 0 Å². The van der Waals surface area contributed by atoms with Crippen LogP contribution in [0.15, 0.2) is 0 Å². The van der Waals surface area contributed by atoms with Gasteiger partial charge in [0.2, 0.25) is 0 Å². The van der Waals surface area contributed by atoms with Gasteiger partial charge >= 0.3 is 11.9 Å². The van der Waals surface area contributed by atoms with E-state index in [9.17, 15) is 9.59 Å². The molecular weight excluding hydrogens is 376 g/mol. The SMILES string of the molecule is CC(=O)OC[C@H]1O[C@H](OCCCCCCCCCCCCO)CC[C@@H]1OC(C)=O. The molecule has 1 N–H and O–H groups in total. The van der Waals surface area contributed by atoms with Gasteiger partial charge in [0, 0.05) is 33.5 Å². The molecule has 3 atom stereocenters. The highest BCUT2D eigenvalue weighted by Crippen LogP contribution is 2.24. The summed E-state index contributed by atoms with van der Waals surface area (Å²) in [5.74, 6) is -0.751. The molecule has 0 unspecified atom stereocenters. The Morgan fingerprint density at radius 3 is 2.00 bits per heavy atom. The second-order valence-corrected chi connectivity index (χ2v) is 7.76. The monoisotopic (exact) mass is 416 g/mol. The molecule has 29 heavy (non-hydrogen) atoms. The van der Waals surface area contributed by atoms with Crippen molar-refractivity contribution in [2.75, 3.05) is 19.8 Å².